The molecule has 5 rings (SSSR count). The summed E-state index contributed by atoms with van der Waals surface area (Å²) < 4.78 is 47.6. The summed E-state index contributed by atoms with van der Waals surface area (Å²) in [5, 5.41) is 40.1. The Kier molecular flexibility index (Phi) is 9.04. The van der Waals surface area contributed by atoms with Crippen molar-refractivity contribution in [3.8, 4) is 11.3 Å². The fourth-order valence-electron chi connectivity index (χ4n) is 5.46. The van der Waals surface area contributed by atoms with Crippen LogP contribution >= 0.6 is 15.9 Å². The van der Waals surface area contributed by atoms with Gasteiger partial charge in [0, 0.05) is 28.4 Å². The summed E-state index contributed by atoms with van der Waals surface area (Å²) in [7, 11) is 1.33. The van der Waals surface area contributed by atoms with E-state index in [2.05, 4.69) is 26.2 Å². The third-order valence-corrected chi connectivity index (χ3v) is 8.13. The number of aryl methyl sites for hydroxylation is 1. The molecule has 0 radical (unpaired) electrons. The fraction of sp³-hybridized carbons (Fsp3) is 0.464. The summed E-state index contributed by atoms with van der Waals surface area (Å²) in [4.78, 5) is 15.7. The maximum Gasteiger partial charge on any atom is 0.259 e. The number of anilines is 1. The van der Waals surface area contributed by atoms with Crippen LogP contribution in [0.2, 0.25) is 0 Å². The topological polar surface area (TPSA) is 139 Å². The average molecular weight is 653 g/mol. The van der Waals surface area contributed by atoms with Crippen LogP contribution < -0.4 is 4.90 Å². The molecule has 0 saturated carbocycles. The molecule has 0 bridgehead atoms. The summed E-state index contributed by atoms with van der Waals surface area (Å²) >= 11 is 3.46. The summed E-state index contributed by atoms with van der Waals surface area (Å²) in [6, 6.07) is 5.75. The van der Waals surface area contributed by atoms with Gasteiger partial charge in [-0.1, -0.05) is 21.1 Å². The van der Waals surface area contributed by atoms with Crippen molar-refractivity contribution in [2.75, 3.05) is 31.8 Å². The minimum Gasteiger partial charge on any atom is -0.394 e. The molecule has 2 aliphatic heterocycles. The number of carbonyl (C=O) groups excluding carboxylic acids is 1. The first-order valence-electron chi connectivity index (χ1n) is 13.2. The van der Waals surface area contributed by atoms with E-state index in [0.717, 1.165) is 17.7 Å². The molecule has 0 aliphatic carbocycles. The molecule has 3 heterocycles. The Hall–Kier alpha value is -2.85. The maximum atomic E-state index is 14.3. The van der Waals surface area contributed by atoms with Crippen LogP contribution in [0.1, 0.15) is 17.2 Å². The van der Waals surface area contributed by atoms with Gasteiger partial charge in [0.05, 0.1) is 32.1 Å². The van der Waals surface area contributed by atoms with E-state index in [1.165, 1.54) is 29.8 Å². The number of benzene rings is 2. The molecule has 1 amide bonds. The lowest BCUT2D eigenvalue weighted by atomic mass is 9.91. The maximum absolute atomic E-state index is 14.3. The summed E-state index contributed by atoms with van der Waals surface area (Å²) in [5.74, 6) is -2.12. The van der Waals surface area contributed by atoms with E-state index in [9.17, 15) is 28.9 Å². The lowest BCUT2D eigenvalue weighted by Gasteiger charge is -2.45. The van der Waals surface area contributed by atoms with E-state index in [1.54, 1.807) is 12.1 Å². The van der Waals surface area contributed by atoms with Crippen molar-refractivity contribution in [1.29, 1.82) is 0 Å². The van der Waals surface area contributed by atoms with Gasteiger partial charge in [0.25, 0.3) is 5.91 Å². The van der Waals surface area contributed by atoms with Gasteiger partial charge >= 0.3 is 0 Å². The van der Waals surface area contributed by atoms with Gasteiger partial charge in [-0.15, -0.1) is 5.10 Å². The highest BCUT2D eigenvalue weighted by Gasteiger charge is 2.52. The SMILES string of the molecule is CO[C@@H]1[C@@H](n2cc(-c3cc(F)c(C)c(F)c3)nn2)[C@@H](O)[C@@H](CO)O[C@H]1C(=O)N(c1cc(C)cc(Br)c1)[C@H]1COC[C@@H]1O. The van der Waals surface area contributed by atoms with Crippen molar-refractivity contribution >= 4 is 27.5 Å². The van der Waals surface area contributed by atoms with Gasteiger partial charge < -0.3 is 34.4 Å². The van der Waals surface area contributed by atoms with Crippen LogP contribution in [0.4, 0.5) is 14.5 Å². The number of methoxy groups -OCH3 is 1. The number of hydrogen-bond acceptors (Lipinski definition) is 9. The number of aromatic nitrogens is 3. The Morgan fingerprint density at radius 2 is 1.88 bits per heavy atom. The number of nitrogens with zero attached hydrogens (tertiary/aromatic N) is 4. The Bertz CT molecular complexity index is 1420. The summed E-state index contributed by atoms with van der Waals surface area (Å²) in [6.45, 7) is 2.63. The van der Waals surface area contributed by atoms with Gasteiger partial charge in [0.1, 0.15) is 47.8 Å². The monoisotopic (exact) mass is 652 g/mol. The zero-order valence-electron chi connectivity index (χ0n) is 23.0. The molecule has 14 heteroatoms. The molecule has 1 aromatic heterocycles. The van der Waals surface area contributed by atoms with Crippen molar-refractivity contribution in [3.63, 3.8) is 0 Å². The number of ether oxygens (including phenoxy) is 3. The first kappa shape index (κ1) is 30.6. The van der Waals surface area contributed by atoms with E-state index in [-0.39, 0.29) is 30.0 Å². The third-order valence-electron chi connectivity index (χ3n) is 7.67. The number of amides is 1. The van der Waals surface area contributed by atoms with E-state index in [4.69, 9.17) is 14.2 Å². The molecule has 11 nitrogen and oxygen atoms in total. The number of aliphatic hydroxyl groups excluding tert-OH is 3. The van der Waals surface area contributed by atoms with Gasteiger partial charge in [0.2, 0.25) is 0 Å². The number of rotatable bonds is 7. The zero-order chi connectivity index (χ0) is 30.3. The summed E-state index contributed by atoms with van der Waals surface area (Å²) in [5.41, 5.74) is 1.41. The molecule has 2 aromatic carbocycles. The highest BCUT2D eigenvalue weighted by molar-refractivity contribution is 9.10. The van der Waals surface area contributed by atoms with Crippen LogP contribution in [-0.4, -0.2) is 99.7 Å². The zero-order valence-corrected chi connectivity index (χ0v) is 24.6. The second-order valence-electron chi connectivity index (χ2n) is 10.5. The number of aliphatic hydroxyl groups is 3. The lowest BCUT2D eigenvalue weighted by Crippen LogP contribution is -2.63. The minimum atomic E-state index is -1.41. The predicted octanol–water partition coefficient (Wildman–Crippen LogP) is 2.07. The van der Waals surface area contributed by atoms with Crippen molar-refractivity contribution < 1.29 is 43.1 Å². The highest BCUT2D eigenvalue weighted by atomic mass is 79.9. The van der Waals surface area contributed by atoms with Crippen LogP contribution in [0, 0.1) is 25.5 Å². The predicted molar refractivity (Wildman–Crippen MR) is 149 cm³/mol. The molecule has 3 N–H and O–H groups in total. The molecular formula is C28H31BrF2N4O7. The summed E-state index contributed by atoms with van der Waals surface area (Å²) in [6.07, 6.45) is -4.79. The third kappa shape index (κ3) is 5.72. The first-order chi connectivity index (χ1) is 20.0. The average Bonchev–Trinajstić information content (AvgIpc) is 3.60. The molecule has 3 aromatic rings. The van der Waals surface area contributed by atoms with Crippen molar-refractivity contribution in [1.82, 2.24) is 15.0 Å². The minimum absolute atomic E-state index is 0.0310. The van der Waals surface area contributed by atoms with E-state index in [0.29, 0.717) is 10.2 Å². The Labute approximate surface area is 248 Å². The highest BCUT2D eigenvalue weighted by Crippen LogP contribution is 2.36. The quantitative estimate of drug-likeness (QED) is 0.350. The van der Waals surface area contributed by atoms with Crippen molar-refractivity contribution in [3.05, 3.63) is 63.8 Å². The molecule has 42 heavy (non-hydrogen) atoms. The van der Waals surface area contributed by atoms with Crippen molar-refractivity contribution in [2.45, 2.75) is 56.5 Å². The number of halogens is 3. The van der Waals surface area contributed by atoms with Gasteiger partial charge in [-0.25, -0.2) is 13.5 Å². The molecule has 7 atom stereocenters. The van der Waals surface area contributed by atoms with E-state index >= 15 is 0 Å². The van der Waals surface area contributed by atoms with Gasteiger partial charge in [-0.05, 0) is 49.7 Å². The van der Waals surface area contributed by atoms with Gasteiger partial charge in [-0.2, -0.15) is 0 Å². The lowest BCUT2D eigenvalue weighted by molar-refractivity contribution is -0.211. The second-order valence-corrected chi connectivity index (χ2v) is 11.4. The molecule has 226 valence electrons. The van der Waals surface area contributed by atoms with Crippen LogP contribution in [0.25, 0.3) is 11.3 Å². The Balaban J connectivity index is 1.54. The van der Waals surface area contributed by atoms with Gasteiger partial charge in [0.15, 0.2) is 6.10 Å². The van der Waals surface area contributed by atoms with Crippen LogP contribution in [-0.2, 0) is 19.0 Å². The molecule has 2 saturated heterocycles. The fourth-order valence-corrected chi connectivity index (χ4v) is 6.06. The molecular weight excluding hydrogens is 622 g/mol. The Morgan fingerprint density at radius 1 is 1.17 bits per heavy atom. The van der Waals surface area contributed by atoms with E-state index < -0.39 is 66.8 Å². The molecule has 0 spiro atoms. The second kappa shape index (κ2) is 12.4. The molecule has 2 aliphatic rings. The first-order valence-corrected chi connectivity index (χ1v) is 14.0. The van der Waals surface area contributed by atoms with Crippen LogP contribution in [0.5, 0.6) is 0 Å². The number of hydrogen-bond donors (Lipinski definition) is 3. The van der Waals surface area contributed by atoms with Gasteiger partial charge in [-0.3, -0.25) is 4.79 Å². The largest absolute Gasteiger partial charge is 0.394 e. The normalized spacial score (nSPS) is 27.8. The molecule has 0 unspecified atom stereocenters. The smallest absolute Gasteiger partial charge is 0.259 e. The number of carbonyl (C=O) groups is 1. The standard InChI is InChI=1S/C28H31BrF2N4O7/c1-13-4-16(29)8-17(5-13)35(21-11-41-12-22(21)37)28(39)27-26(40-3)24(25(38)23(10-36)42-27)34-9-20(32-33-34)15-6-18(30)14(2)19(31)7-15/h4-9,21-27,36-38H,10-12H2,1-3H3/t21-,22-,23+,24-,25-,26+,27+/m0/s1. The Morgan fingerprint density at radius 3 is 2.48 bits per heavy atom. The van der Waals surface area contributed by atoms with Crippen LogP contribution in [0.15, 0.2) is 41.0 Å². The van der Waals surface area contributed by atoms with Crippen molar-refractivity contribution in [2.24, 2.45) is 0 Å². The molecule has 2 fully saturated rings. The van der Waals surface area contributed by atoms with Crippen LogP contribution in [0.3, 0.4) is 0 Å². The van der Waals surface area contributed by atoms with E-state index in [1.807, 2.05) is 13.0 Å².